The quantitative estimate of drug-likeness (QED) is 0.833. The minimum atomic E-state index is -0.470. The average molecular weight is 262 g/mol. The Hall–Kier alpha value is -1.39. The summed E-state index contributed by atoms with van der Waals surface area (Å²) < 4.78 is 4.90. The fourth-order valence-corrected chi connectivity index (χ4v) is 2.69. The molecule has 1 aliphatic rings. The molecule has 0 radical (unpaired) electrons. The lowest BCUT2D eigenvalue weighted by molar-refractivity contribution is -0.155. The van der Waals surface area contributed by atoms with Crippen molar-refractivity contribution in [1.82, 2.24) is 4.90 Å². The maximum atomic E-state index is 11.9. The van der Waals surface area contributed by atoms with E-state index in [4.69, 9.17) is 10.5 Å². The van der Waals surface area contributed by atoms with Crippen molar-refractivity contribution in [3.05, 3.63) is 35.9 Å². The van der Waals surface area contributed by atoms with Gasteiger partial charge in [0.15, 0.2) is 0 Å². The van der Waals surface area contributed by atoms with E-state index in [2.05, 4.69) is 29.2 Å². The van der Waals surface area contributed by atoms with Gasteiger partial charge in [-0.05, 0) is 31.5 Å². The number of rotatable bonds is 4. The summed E-state index contributed by atoms with van der Waals surface area (Å²) in [7, 11) is 1.44. The number of benzene rings is 1. The third-order valence-corrected chi connectivity index (χ3v) is 4.07. The lowest BCUT2D eigenvalue weighted by Gasteiger charge is -2.38. The number of methoxy groups -OCH3 is 1. The highest BCUT2D eigenvalue weighted by Gasteiger charge is 2.41. The maximum absolute atomic E-state index is 11.9. The summed E-state index contributed by atoms with van der Waals surface area (Å²) >= 11 is 0. The molecule has 0 aliphatic carbocycles. The number of carbonyl (C=O) groups excluding carboxylic acids is 1. The third kappa shape index (κ3) is 3.14. The minimum absolute atomic E-state index is 0.158. The Morgan fingerprint density at radius 1 is 1.32 bits per heavy atom. The molecular formula is C15H22N2O2. The van der Waals surface area contributed by atoms with Crippen LogP contribution in [0.3, 0.4) is 0 Å². The van der Waals surface area contributed by atoms with Crippen LogP contribution in [0.2, 0.25) is 0 Å². The standard InChI is InChI=1S/C15H22N2O2/c1-19-14(18)15(12-16)7-9-17(10-8-15)11-13-5-3-2-4-6-13/h2-6H,7-12,16H2,1H3. The molecule has 1 fully saturated rings. The zero-order valence-electron chi connectivity index (χ0n) is 11.5. The average Bonchev–Trinajstić information content (AvgIpc) is 2.48. The molecule has 1 saturated heterocycles. The number of likely N-dealkylation sites (tertiary alicyclic amines) is 1. The summed E-state index contributed by atoms with van der Waals surface area (Å²) in [5.41, 5.74) is 6.63. The van der Waals surface area contributed by atoms with Gasteiger partial charge in [0, 0.05) is 13.1 Å². The summed E-state index contributed by atoms with van der Waals surface area (Å²) in [5.74, 6) is -0.158. The summed E-state index contributed by atoms with van der Waals surface area (Å²) in [4.78, 5) is 14.2. The third-order valence-electron chi connectivity index (χ3n) is 4.07. The Morgan fingerprint density at radius 2 is 1.95 bits per heavy atom. The Kier molecular flexibility index (Phi) is 4.56. The number of nitrogens with two attached hydrogens (primary N) is 1. The first-order valence-electron chi connectivity index (χ1n) is 6.75. The second-order valence-electron chi connectivity index (χ2n) is 5.24. The van der Waals surface area contributed by atoms with Gasteiger partial charge in [-0.2, -0.15) is 0 Å². The highest BCUT2D eigenvalue weighted by molar-refractivity contribution is 5.77. The van der Waals surface area contributed by atoms with Crippen LogP contribution in [0, 0.1) is 5.41 Å². The Labute approximate surface area is 114 Å². The molecule has 1 heterocycles. The molecule has 4 heteroatoms. The number of hydrogen-bond acceptors (Lipinski definition) is 4. The van der Waals surface area contributed by atoms with E-state index in [1.807, 2.05) is 6.07 Å². The Morgan fingerprint density at radius 3 is 2.47 bits per heavy atom. The minimum Gasteiger partial charge on any atom is -0.469 e. The highest BCUT2D eigenvalue weighted by atomic mass is 16.5. The SMILES string of the molecule is COC(=O)C1(CN)CCN(Cc2ccccc2)CC1. The summed E-state index contributed by atoms with van der Waals surface area (Å²) in [6.45, 7) is 3.09. The fraction of sp³-hybridized carbons (Fsp3) is 0.533. The molecular weight excluding hydrogens is 240 g/mol. The van der Waals surface area contributed by atoms with Gasteiger partial charge in [0.05, 0.1) is 12.5 Å². The van der Waals surface area contributed by atoms with Crippen molar-refractivity contribution in [1.29, 1.82) is 0 Å². The second-order valence-corrected chi connectivity index (χ2v) is 5.24. The number of esters is 1. The molecule has 0 saturated carbocycles. The molecule has 2 rings (SSSR count). The van der Waals surface area contributed by atoms with Gasteiger partial charge in [-0.1, -0.05) is 30.3 Å². The summed E-state index contributed by atoms with van der Waals surface area (Å²) in [6, 6.07) is 10.4. The lowest BCUT2D eigenvalue weighted by atomic mass is 9.78. The largest absolute Gasteiger partial charge is 0.469 e. The molecule has 19 heavy (non-hydrogen) atoms. The van der Waals surface area contributed by atoms with Crippen LogP contribution in [0.1, 0.15) is 18.4 Å². The van der Waals surface area contributed by atoms with E-state index in [1.54, 1.807) is 0 Å². The summed E-state index contributed by atoms with van der Waals surface area (Å²) in [6.07, 6.45) is 1.56. The molecule has 0 unspecified atom stereocenters. The molecule has 0 bridgehead atoms. The van der Waals surface area contributed by atoms with Gasteiger partial charge in [0.25, 0.3) is 0 Å². The predicted molar refractivity (Wildman–Crippen MR) is 74.5 cm³/mol. The molecule has 0 spiro atoms. The van der Waals surface area contributed by atoms with Gasteiger partial charge in [-0.25, -0.2) is 0 Å². The Bertz CT molecular complexity index is 411. The van der Waals surface area contributed by atoms with Crippen LogP contribution in [0.25, 0.3) is 0 Å². The van der Waals surface area contributed by atoms with Crippen LogP contribution in [-0.4, -0.2) is 37.6 Å². The van der Waals surface area contributed by atoms with Gasteiger partial charge in [0.1, 0.15) is 0 Å². The van der Waals surface area contributed by atoms with Crippen molar-refractivity contribution in [2.45, 2.75) is 19.4 Å². The van der Waals surface area contributed by atoms with Crippen LogP contribution in [0.5, 0.6) is 0 Å². The molecule has 2 N–H and O–H groups in total. The predicted octanol–water partition coefficient (Wildman–Crippen LogP) is 1.40. The number of piperidine rings is 1. The number of nitrogens with zero attached hydrogens (tertiary/aromatic N) is 1. The van der Waals surface area contributed by atoms with Gasteiger partial charge in [0.2, 0.25) is 0 Å². The van der Waals surface area contributed by atoms with E-state index in [1.165, 1.54) is 12.7 Å². The monoisotopic (exact) mass is 262 g/mol. The van der Waals surface area contributed by atoms with Crippen molar-refractivity contribution >= 4 is 5.97 Å². The first-order valence-corrected chi connectivity index (χ1v) is 6.75. The van der Waals surface area contributed by atoms with Crippen LogP contribution >= 0.6 is 0 Å². The molecule has 0 aromatic heterocycles. The van der Waals surface area contributed by atoms with Crippen molar-refractivity contribution in [2.75, 3.05) is 26.7 Å². The lowest BCUT2D eigenvalue weighted by Crippen LogP contribution is -2.48. The van der Waals surface area contributed by atoms with E-state index in [9.17, 15) is 4.79 Å². The van der Waals surface area contributed by atoms with Gasteiger partial charge in [-0.15, -0.1) is 0 Å². The van der Waals surface area contributed by atoms with Crippen LogP contribution in [-0.2, 0) is 16.1 Å². The molecule has 0 atom stereocenters. The number of hydrogen-bond donors (Lipinski definition) is 1. The highest BCUT2D eigenvalue weighted by Crippen LogP contribution is 2.32. The molecule has 1 aromatic carbocycles. The topological polar surface area (TPSA) is 55.6 Å². The molecule has 4 nitrogen and oxygen atoms in total. The first-order chi connectivity index (χ1) is 9.20. The van der Waals surface area contributed by atoms with Gasteiger partial charge in [-0.3, -0.25) is 9.69 Å². The summed E-state index contributed by atoms with van der Waals surface area (Å²) in [5, 5.41) is 0. The fourth-order valence-electron chi connectivity index (χ4n) is 2.69. The smallest absolute Gasteiger partial charge is 0.313 e. The van der Waals surface area contributed by atoms with E-state index in [-0.39, 0.29) is 5.97 Å². The molecule has 1 aliphatic heterocycles. The molecule has 1 aromatic rings. The van der Waals surface area contributed by atoms with E-state index in [0.29, 0.717) is 6.54 Å². The van der Waals surface area contributed by atoms with Gasteiger partial charge >= 0.3 is 5.97 Å². The normalized spacial score (nSPS) is 19.1. The van der Waals surface area contributed by atoms with Crippen LogP contribution in [0.4, 0.5) is 0 Å². The van der Waals surface area contributed by atoms with E-state index in [0.717, 1.165) is 32.5 Å². The zero-order valence-corrected chi connectivity index (χ0v) is 11.5. The van der Waals surface area contributed by atoms with Crippen LogP contribution < -0.4 is 5.73 Å². The van der Waals surface area contributed by atoms with Crippen molar-refractivity contribution in [2.24, 2.45) is 11.1 Å². The number of ether oxygens (including phenoxy) is 1. The number of carbonyl (C=O) groups is 1. The van der Waals surface area contributed by atoms with Crippen LogP contribution in [0.15, 0.2) is 30.3 Å². The molecule has 104 valence electrons. The van der Waals surface area contributed by atoms with Crippen molar-refractivity contribution in [3.63, 3.8) is 0 Å². The zero-order chi connectivity index (χ0) is 13.7. The maximum Gasteiger partial charge on any atom is 0.313 e. The Balaban J connectivity index is 1.93. The van der Waals surface area contributed by atoms with E-state index < -0.39 is 5.41 Å². The molecule has 0 amide bonds. The first kappa shape index (κ1) is 14.0. The second kappa shape index (κ2) is 6.17. The van der Waals surface area contributed by atoms with Crippen molar-refractivity contribution < 1.29 is 9.53 Å². The van der Waals surface area contributed by atoms with Crippen molar-refractivity contribution in [3.8, 4) is 0 Å². The van der Waals surface area contributed by atoms with Gasteiger partial charge < -0.3 is 10.5 Å². The van der Waals surface area contributed by atoms with E-state index >= 15 is 0 Å².